The molecule has 8 heteroatoms. The second kappa shape index (κ2) is 7.33. The van der Waals surface area contributed by atoms with Crippen LogP contribution in [-0.4, -0.2) is 23.8 Å². The van der Waals surface area contributed by atoms with E-state index in [1.807, 2.05) is 26.0 Å². The minimum atomic E-state index is -0.397. The Morgan fingerprint density at radius 1 is 1.44 bits per heavy atom. The van der Waals surface area contributed by atoms with Gasteiger partial charge in [-0.2, -0.15) is 0 Å². The van der Waals surface area contributed by atoms with Crippen molar-refractivity contribution in [3.05, 3.63) is 41.3 Å². The largest absolute Gasteiger partial charge is 0.487 e. The van der Waals surface area contributed by atoms with Gasteiger partial charge in [0.05, 0.1) is 6.04 Å². The molecule has 1 aromatic carbocycles. The monoisotopic (exact) mass is 367 g/mol. The Kier molecular flexibility index (Phi) is 5.59. The average Bonchev–Trinajstić information content (AvgIpc) is 2.96. The molecule has 0 spiro atoms. The minimum Gasteiger partial charge on any atom is -0.487 e. The van der Waals surface area contributed by atoms with E-state index in [1.165, 1.54) is 0 Å². The van der Waals surface area contributed by atoms with Gasteiger partial charge in [0, 0.05) is 30.8 Å². The Labute approximate surface area is 152 Å². The lowest BCUT2D eigenvalue weighted by atomic mass is 9.89. The van der Waals surface area contributed by atoms with Crippen molar-refractivity contribution in [3.63, 3.8) is 0 Å². The summed E-state index contributed by atoms with van der Waals surface area (Å²) in [6.45, 7) is 4.24. The number of halogens is 1. The molecule has 1 unspecified atom stereocenters. The maximum Gasteiger partial charge on any atom is 0.273 e. The summed E-state index contributed by atoms with van der Waals surface area (Å²) in [6.07, 6.45) is 0.623. The number of fused-ring (bicyclic) bond motifs is 1. The van der Waals surface area contributed by atoms with E-state index in [2.05, 4.69) is 10.5 Å². The Hall–Kier alpha value is -2.25. The van der Waals surface area contributed by atoms with E-state index in [1.54, 1.807) is 19.2 Å². The van der Waals surface area contributed by atoms with Gasteiger partial charge in [-0.3, -0.25) is 4.79 Å². The van der Waals surface area contributed by atoms with Crippen molar-refractivity contribution < 1.29 is 18.8 Å². The lowest BCUT2D eigenvalue weighted by Crippen LogP contribution is -2.41. The molecular formula is C17H22ClN3O4. The van der Waals surface area contributed by atoms with Crippen molar-refractivity contribution in [1.82, 2.24) is 10.5 Å². The Balaban J connectivity index is 0.00000225. The van der Waals surface area contributed by atoms with Gasteiger partial charge in [0.15, 0.2) is 11.5 Å². The zero-order valence-corrected chi connectivity index (χ0v) is 15.2. The number of nitrogens with one attached hydrogen (secondary N) is 1. The van der Waals surface area contributed by atoms with Gasteiger partial charge in [0.2, 0.25) is 0 Å². The number of carbonyl (C=O) groups is 1. The number of carbonyl (C=O) groups excluding carboxylic acids is 1. The summed E-state index contributed by atoms with van der Waals surface area (Å²) in [6, 6.07) is 6.80. The summed E-state index contributed by atoms with van der Waals surface area (Å²) < 4.78 is 16.0. The maximum absolute atomic E-state index is 12.5. The number of nitrogen functional groups attached to an aromatic ring is 1. The number of ether oxygens (including phenoxy) is 2. The van der Waals surface area contributed by atoms with Crippen molar-refractivity contribution in [2.45, 2.75) is 38.5 Å². The predicted octanol–water partition coefficient (Wildman–Crippen LogP) is 2.86. The molecular weight excluding hydrogens is 346 g/mol. The van der Waals surface area contributed by atoms with Crippen molar-refractivity contribution in [2.24, 2.45) is 0 Å². The van der Waals surface area contributed by atoms with Crippen molar-refractivity contribution >= 4 is 24.0 Å². The SMILES string of the molecule is COCc1cc(C(=O)NC2CC(C)(C)Oc3ccc(N)cc32)no1.Cl. The second-order valence-electron chi connectivity index (χ2n) is 6.50. The maximum atomic E-state index is 12.5. The number of nitrogens with zero attached hydrogens (tertiary/aromatic N) is 1. The first-order valence-electron chi connectivity index (χ1n) is 7.72. The molecule has 1 aliphatic rings. The first kappa shape index (κ1) is 19.1. The number of rotatable bonds is 4. The molecule has 0 bridgehead atoms. The summed E-state index contributed by atoms with van der Waals surface area (Å²) in [7, 11) is 1.55. The van der Waals surface area contributed by atoms with Crippen LogP contribution in [0.5, 0.6) is 5.75 Å². The van der Waals surface area contributed by atoms with E-state index in [0.29, 0.717) is 17.9 Å². The second-order valence-corrected chi connectivity index (χ2v) is 6.50. The van der Waals surface area contributed by atoms with Crippen LogP contribution in [-0.2, 0) is 11.3 Å². The van der Waals surface area contributed by atoms with Gasteiger partial charge in [-0.1, -0.05) is 5.16 Å². The van der Waals surface area contributed by atoms with Crippen LogP contribution in [0.2, 0.25) is 0 Å². The first-order chi connectivity index (χ1) is 11.4. The lowest BCUT2D eigenvalue weighted by molar-refractivity contribution is 0.0617. The predicted molar refractivity (Wildman–Crippen MR) is 94.8 cm³/mol. The van der Waals surface area contributed by atoms with Crippen LogP contribution in [0.25, 0.3) is 0 Å². The number of benzene rings is 1. The zero-order valence-electron chi connectivity index (χ0n) is 14.4. The number of nitrogens with two attached hydrogens (primary N) is 1. The molecule has 7 nitrogen and oxygen atoms in total. The molecule has 1 atom stereocenters. The summed E-state index contributed by atoms with van der Waals surface area (Å²) in [5.74, 6) is 0.919. The molecule has 0 saturated heterocycles. The molecule has 2 heterocycles. The van der Waals surface area contributed by atoms with Crippen molar-refractivity contribution in [1.29, 1.82) is 0 Å². The molecule has 3 rings (SSSR count). The van der Waals surface area contributed by atoms with E-state index < -0.39 is 5.60 Å². The van der Waals surface area contributed by atoms with E-state index in [-0.39, 0.29) is 36.7 Å². The lowest BCUT2D eigenvalue weighted by Gasteiger charge is -2.37. The van der Waals surface area contributed by atoms with E-state index in [9.17, 15) is 4.79 Å². The molecule has 1 aliphatic heterocycles. The molecule has 0 saturated carbocycles. The third-order valence-corrected chi connectivity index (χ3v) is 3.87. The van der Waals surface area contributed by atoms with Crippen LogP contribution in [0.15, 0.2) is 28.8 Å². The van der Waals surface area contributed by atoms with Gasteiger partial charge in [-0.25, -0.2) is 0 Å². The highest BCUT2D eigenvalue weighted by Crippen LogP contribution is 2.40. The number of amides is 1. The highest BCUT2D eigenvalue weighted by atomic mass is 35.5. The van der Waals surface area contributed by atoms with Crippen molar-refractivity contribution in [3.8, 4) is 5.75 Å². The van der Waals surface area contributed by atoms with Gasteiger partial charge in [-0.15, -0.1) is 12.4 Å². The van der Waals surface area contributed by atoms with Gasteiger partial charge in [0.1, 0.15) is 18.0 Å². The third-order valence-electron chi connectivity index (χ3n) is 3.87. The Morgan fingerprint density at radius 3 is 2.92 bits per heavy atom. The zero-order chi connectivity index (χ0) is 17.3. The van der Waals surface area contributed by atoms with Gasteiger partial charge < -0.3 is 25.0 Å². The average molecular weight is 368 g/mol. The van der Waals surface area contributed by atoms with Crippen LogP contribution in [0.1, 0.15) is 48.1 Å². The molecule has 136 valence electrons. The summed E-state index contributed by atoms with van der Waals surface area (Å²) in [5.41, 5.74) is 7.19. The first-order valence-corrected chi connectivity index (χ1v) is 7.72. The quantitative estimate of drug-likeness (QED) is 0.806. The molecule has 1 aromatic heterocycles. The van der Waals surface area contributed by atoms with Crippen LogP contribution in [0.3, 0.4) is 0 Å². The molecule has 2 aromatic rings. The fraction of sp³-hybridized carbons (Fsp3) is 0.412. The van der Waals surface area contributed by atoms with Gasteiger partial charge in [0.25, 0.3) is 5.91 Å². The summed E-state index contributed by atoms with van der Waals surface area (Å²) in [4.78, 5) is 12.5. The summed E-state index contributed by atoms with van der Waals surface area (Å²) in [5, 5.41) is 6.78. The topological polar surface area (TPSA) is 99.6 Å². The number of hydrogen-bond donors (Lipinski definition) is 2. The van der Waals surface area contributed by atoms with E-state index >= 15 is 0 Å². The fourth-order valence-electron chi connectivity index (χ4n) is 2.86. The Bertz CT molecular complexity index is 760. The van der Waals surface area contributed by atoms with Crippen LogP contribution < -0.4 is 15.8 Å². The van der Waals surface area contributed by atoms with Gasteiger partial charge >= 0.3 is 0 Å². The minimum absolute atomic E-state index is 0. The molecule has 0 fully saturated rings. The highest BCUT2D eigenvalue weighted by molar-refractivity contribution is 5.92. The number of aromatic nitrogens is 1. The van der Waals surface area contributed by atoms with Crippen LogP contribution >= 0.6 is 12.4 Å². The number of anilines is 1. The molecule has 3 N–H and O–H groups in total. The molecule has 0 aliphatic carbocycles. The highest BCUT2D eigenvalue weighted by Gasteiger charge is 2.35. The molecule has 25 heavy (non-hydrogen) atoms. The van der Waals surface area contributed by atoms with E-state index in [4.69, 9.17) is 19.7 Å². The normalized spacial score (nSPS) is 17.8. The third kappa shape index (κ3) is 4.24. The Morgan fingerprint density at radius 2 is 2.20 bits per heavy atom. The number of methoxy groups -OCH3 is 1. The smallest absolute Gasteiger partial charge is 0.273 e. The van der Waals surface area contributed by atoms with E-state index in [0.717, 1.165) is 11.3 Å². The van der Waals surface area contributed by atoms with Gasteiger partial charge in [-0.05, 0) is 32.0 Å². The standard InChI is InChI=1S/C17H21N3O4.ClH/c1-17(2)8-14(12-6-10(18)4-5-15(12)23-17)19-16(21)13-7-11(9-22-3)24-20-13;/h4-7,14H,8-9,18H2,1-3H3,(H,19,21);1H. The molecule has 0 radical (unpaired) electrons. The number of hydrogen-bond acceptors (Lipinski definition) is 6. The van der Waals surface area contributed by atoms with Crippen LogP contribution in [0.4, 0.5) is 5.69 Å². The van der Waals surface area contributed by atoms with Crippen LogP contribution in [0, 0.1) is 0 Å². The summed E-state index contributed by atoms with van der Waals surface area (Å²) >= 11 is 0. The van der Waals surface area contributed by atoms with Crippen molar-refractivity contribution in [2.75, 3.05) is 12.8 Å². The fourth-order valence-corrected chi connectivity index (χ4v) is 2.86. The molecule has 1 amide bonds.